The summed E-state index contributed by atoms with van der Waals surface area (Å²) in [7, 11) is 0. The third-order valence-corrected chi connectivity index (χ3v) is 11.4. The largest absolute Gasteiger partial charge is 0.461 e. The highest BCUT2D eigenvalue weighted by molar-refractivity contribution is 6.06. The lowest BCUT2D eigenvalue weighted by Gasteiger charge is -2.41. The van der Waals surface area contributed by atoms with Gasteiger partial charge >= 0.3 is 18.4 Å². The van der Waals surface area contributed by atoms with Gasteiger partial charge in [-0.1, -0.05) is 6.58 Å². The second-order valence-electron chi connectivity index (χ2n) is 14.4. The smallest absolute Gasteiger partial charge is 0.417 e. The lowest BCUT2D eigenvalue weighted by Crippen LogP contribution is -2.58. The normalized spacial score (nSPS) is 27.5. The molecule has 270 valence electrons. The number of ether oxygens (including phenoxy) is 1. The number of nitriles is 1. The summed E-state index contributed by atoms with van der Waals surface area (Å²) in [6.45, 7) is 6.05. The van der Waals surface area contributed by atoms with Crippen LogP contribution in [0.4, 0.5) is 46.6 Å². The average Bonchev–Trinajstić information content (AvgIpc) is 3.68. The van der Waals surface area contributed by atoms with Crippen LogP contribution >= 0.6 is 0 Å². The number of nitrogens with zero attached hydrogens (tertiary/aromatic N) is 5. The van der Waals surface area contributed by atoms with Crippen LogP contribution < -0.4 is 20.7 Å². The van der Waals surface area contributed by atoms with Gasteiger partial charge in [0, 0.05) is 54.3 Å². The number of hydrogen-bond donors (Lipinski definition) is 2. The van der Waals surface area contributed by atoms with E-state index in [0.717, 1.165) is 25.8 Å². The summed E-state index contributed by atoms with van der Waals surface area (Å²) in [6.07, 6.45) is -8.84. The summed E-state index contributed by atoms with van der Waals surface area (Å²) in [5.41, 5.74) is -4.48. The molecule has 0 radical (unpaired) electrons. The third-order valence-electron chi connectivity index (χ3n) is 11.4. The number of hydrogen-bond acceptors (Lipinski definition) is 8. The fraction of sp³-hybridized carbons (Fsp3) is 0.514. The second-order valence-corrected chi connectivity index (χ2v) is 14.4. The van der Waals surface area contributed by atoms with Crippen molar-refractivity contribution in [1.82, 2.24) is 20.2 Å². The van der Waals surface area contributed by atoms with Gasteiger partial charge in [-0.15, -0.1) is 0 Å². The van der Waals surface area contributed by atoms with Crippen molar-refractivity contribution in [2.24, 2.45) is 0 Å². The second kappa shape index (κ2) is 11.4. The SMILES string of the molecule is C=C1C[C@@H]2[C@@H]3CC[C@H](CN2c2nc(OC[C@@]45CCCN4C[C@H](F)C5)nc4c(F)c(-c5c(C#N)c(N)cc(C)c5C(F)(F)F)c(C(F)(F)F)c1c24)N3. The molecule has 4 saturated heterocycles. The van der Waals surface area contributed by atoms with E-state index in [1.165, 1.54) is 6.07 Å². The number of halogens is 8. The first-order chi connectivity index (χ1) is 24.0. The number of aryl methyl sites for hydroxylation is 1. The zero-order chi connectivity index (χ0) is 36.4. The van der Waals surface area contributed by atoms with Gasteiger partial charge < -0.3 is 20.7 Å². The molecule has 5 atom stereocenters. The molecule has 0 spiro atoms. The predicted molar refractivity (Wildman–Crippen MR) is 172 cm³/mol. The highest BCUT2D eigenvalue weighted by atomic mass is 19.4. The minimum Gasteiger partial charge on any atom is -0.461 e. The third kappa shape index (κ3) is 5.13. The van der Waals surface area contributed by atoms with Gasteiger partial charge in [0.2, 0.25) is 0 Å². The van der Waals surface area contributed by atoms with E-state index in [0.29, 0.717) is 25.9 Å². The maximum absolute atomic E-state index is 17.4. The summed E-state index contributed by atoms with van der Waals surface area (Å²) >= 11 is 0. The van der Waals surface area contributed by atoms with Crippen molar-refractivity contribution in [1.29, 1.82) is 5.26 Å². The van der Waals surface area contributed by atoms with Crippen LogP contribution in [0.15, 0.2) is 12.6 Å². The molecule has 8 nitrogen and oxygen atoms in total. The van der Waals surface area contributed by atoms with Gasteiger partial charge in [-0.2, -0.15) is 41.6 Å². The Bertz CT molecular complexity index is 2040. The van der Waals surface area contributed by atoms with Crippen molar-refractivity contribution in [3.8, 4) is 23.2 Å². The number of alkyl halides is 7. The molecule has 5 aliphatic rings. The monoisotopic (exact) mass is 719 g/mol. The van der Waals surface area contributed by atoms with Crippen molar-refractivity contribution in [2.75, 3.05) is 36.9 Å². The highest BCUT2D eigenvalue weighted by Crippen LogP contribution is 2.55. The van der Waals surface area contributed by atoms with E-state index in [9.17, 15) is 22.8 Å². The van der Waals surface area contributed by atoms with E-state index in [1.54, 1.807) is 4.90 Å². The number of aromatic nitrogens is 2. The molecule has 2 aromatic carbocycles. The summed E-state index contributed by atoms with van der Waals surface area (Å²) in [5, 5.41) is 13.1. The Morgan fingerprint density at radius 3 is 2.55 bits per heavy atom. The highest BCUT2D eigenvalue weighted by Gasteiger charge is 2.51. The molecule has 6 heterocycles. The number of nitrogens with one attached hydrogen (secondary N) is 1. The molecule has 4 fully saturated rings. The fourth-order valence-corrected chi connectivity index (χ4v) is 9.41. The van der Waals surface area contributed by atoms with Crippen LogP contribution in [0.3, 0.4) is 0 Å². The Labute approximate surface area is 287 Å². The van der Waals surface area contributed by atoms with Crippen LogP contribution in [-0.2, 0) is 12.4 Å². The standard InChI is InChI=1S/C35H33F8N7O/c1-15-9-22-21-5-4-18(46-21)13-50(22)31-26-23(15)28(35(41,42)43)25(24-19(11-44)20(45)8-16(2)27(24)34(38,39)40)29(37)30(26)47-32(48-31)51-14-33-6-3-7-49(33)12-17(36)10-33/h8,17-18,21-22,46H,1,3-7,9-10,12-14,45H2,2H3/t17-,18-,21+,22-,33+/m1/s1. The van der Waals surface area contributed by atoms with Crippen molar-refractivity contribution >= 4 is 28.0 Å². The topological polar surface area (TPSA) is 103 Å². The molecule has 0 unspecified atom stereocenters. The van der Waals surface area contributed by atoms with Gasteiger partial charge in [0.25, 0.3) is 0 Å². The van der Waals surface area contributed by atoms with Gasteiger partial charge in [0.05, 0.1) is 33.3 Å². The number of piperazine rings is 1. The molecule has 2 bridgehead atoms. The lowest BCUT2D eigenvalue weighted by atomic mass is 9.82. The van der Waals surface area contributed by atoms with E-state index in [1.807, 2.05) is 4.90 Å². The van der Waals surface area contributed by atoms with E-state index < -0.39 is 92.1 Å². The van der Waals surface area contributed by atoms with Gasteiger partial charge in [0.15, 0.2) is 5.82 Å². The predicted octanol–water partition coefficient (Wildman–Crippen LogP) is 6.92. The van der Waals surface area contributed by atoms with Crippen molar-refractivity contribution in [3.05, 3.63) is 46.3 Å². The Balaban J connectivity index is 1.45. The minimum atomic E-state index is -5.44. The van der Waals surface area contributed by atoms with Crippen LogP contribution in [0.25, 0.3) is 27.6 Å². The van der Waals surface area contributed by atoms with Gasteiger partial charge in [-0.3, -0.25) is 4.90 Å². The molecule has 0 saturated carbocycles. The zero-order valence-electron chi connectivity index (χ0n) is 27.4. The van der Waals surface area contributed by atoms with Crippen LogP contribution in [0.5, 0.6) is 6.01 Å². The summed E-state index contributed by atoms with van der Waals surface area (Å²) in [5.74, 6) is -1.80. The van der Waals surface area contributed by atoms with E-state index >= 15 is 17.6 Å². The van der Waals surface area contributed by atoms with Crippen LogP contribution in [-0.4, -0.2) is 70.9 Å². The zero-order valence-corrected chi connectivity index (χ0v) is 27.4. The van der Waals surface area contributed by atoms with E-state index in [-0.39, 0.29) is 54.9 Å². The Morgan fingerprint density at radius 1 is 1.10 bits per heavy atom. The summed E-state index contributed by atoms with van der Waals surface area (Å²) < 4.78 is 129. The van der Waals surface area contributed by atoms with Crippen molar-refractivity contribution < 1.29 is 39.9 Å². The molecular formula is C35H33F8N7O. The molecule has 16 heteroatoms. The average molecular weight is 720 g/mol. The Morgan fingerprint density at radius 2 is 1.84 bits per heavy atom. The maximum atomic E-state index is 17.4. The number of fused-ring (bicyclic) bond motifs is 6. The number of anilines is 2. The maximum Gasteiger partial charge on any atom is 0.417 e. The molecule has 0 aliphatic carbocycles. The number of nitrogens with two attached hydrogens (primary N) is 1. The van der Waals surface area contributed by atoms with Gasteiger partial charge in [-0.05, 0) is 62.8 Å². The van der Waals surface area contributed by atoms with Crippen molar-refractivity contribution in [3.63, 3.8) is 0 Å². The summed E-state index contributed by atoms with van der Waals surface area (Å²) in [4.78, 5) is 12.7. The van der Waals surface area contributed by atoms with Crippen molar-refractivity contribution in [2.45, 2.75) is 87.6 Å². The minimum absolute atomic E-state index is 0.0460. The fourth-order valence-electron chi connectivity index (χ4n) is 9.41. The first-order valence-electron chi connectivity index (χ1n) is 16.8. The number of nitrogen functional groups attached to an aromatic ring is 1. The molecule has 51 heavy (non-hydrogen) atoms. The van der Waals surface area contributed by atoms with Crippen LogP contribution in [0, 0.1) is 24.1 Å². The molecule has 0 amide bonds. The van der Waals surface area contributed by atoms with E-state index in [4.69, 9.17) is 10.5 Å². The molecule has 3 aromatic rings. The molecule has 3 N–H and O–H groups in total. The quantitative estimate of drug-likeness (QED) is 0.222. The van der Waals surface area contributed by atoms with Gasteiger partial charge in [-0.25, -0.2) is 8.78 Å². The van der Waals surface area contributed by atoms with E-state index in [2.05, 4.69) is 21.9 Å². The molecular weight excluding hydrogens is 686 g/mol. The van der Waals surface area contributed by atoms with Crippen LogP contribution in [0.1, 0.15) is 66.3 Å². The lowest BCUT2D eigenvalue weighted by molar-refractivity contribution is -0.139. The van der Waals surface area contributed by atoms with Crippen LogP contribution in [0.2, 0.25) is 0 Å². The Hall–Kier alpha value is -4.23. The number of benzene rings is 2. The summed E-state index contributed by atoms with van der Waals surface area (Å²) in [6, 6.07) is 1.20. The molecule has 1 aromatic heterocycles. The number of rotatable bonds is 4. The molecule has 5 aliphatic heterocycles. The van der Waals surface area contributed by atoms with Gasteiger partial charge in [0.1, 0.15) is 30.2 Å². The Kier molecular flexibility index (Phi) is 7.56. The molecule has 8 rings (SSSR count). The first kappa shape index (κ1) is 33.9. The first-order valence-corrected chi connectivity index (χ1v) is 16.8.